The van der Waals surface area contributed by atoms with Gasteiger partial charge in [-0.1, -0.05) is 6.92 Å². The number of nitrogens with one attached hydrogen (secondary N) is 1. The van der Waals surface area contributed by atoms with Crippen molar-refractivity contribution >= 4 is 17.4 Å². The number of aliphatic carboxylic acids is 1. The van der Waals surface area contributed by atoms with Crippen LogP contribution in [0, 0.1) is 5.92 Å². The van der Waals surface area contributed by atoms with E-state index < -0.39 is 11.9 Å². The van der Waals surface area contributed by atoms with Crippen LogP contribution in [0.25, 0.3) is 0 Å². The van der Waals surface area contributed by atoms with Crippen molar-refractivity contribution in [3.05, 3.63) is 29.8 Å². The highest BCUT2D eigenvalue weighted by atomic mass is 16.4. The quantitative estimate of drug-likeness (QED) is 0.743. The van der Waals surface area contributed by atoms with E-state index in [2.05, 4.69) is 5.32 Å². The van der Waals surface area contributed by atoms with Gasteiger partial charge in [-0.2, -0.15) is 0 Å². The monoisotopic (exact) mass is 235 g/mol. The minimum Gasteiger partial charge on any atom is -0.481 e. The predicted molar refractivity (Wildman–Crippen MR) is 66.4 cm³/mol. The van der Waals surface area contributed by atoms with Crippen LogP contribution in [0.4, 0.5) is 5.69 Å². The Bertz CT molecular complexity index is 398. The molecule has 0 aromatic heterocycles. The number of carbonyl (C=O) groups is 2. The van der Waals surface area contributed by atoms with Gasteiger partial charge in [0.1, 0.15) is 0 Å². The van der Waals surface area contributed by atoms with Crippen molar-refractivity contribution in [1.29, 1.82) is 0 Å². The molecule has 2 N–H and O–H groups in total. The maximum absolute atomic E-state index is 12.0. The van der Waals surface area contributed by atoms with Crippen LogP contribution in [0.5, 0.6) is 0 Å². The molecule has 0 fully saturated rings. The Morgan fingerprint density at radius 3 is 2.29 bits per heavy atom. The molecule has 4 nitrogen and oxygen atoms in total. The molecular formula is C13H17NO3. The zero-order chi connectivity index (χ0) is 12.8. The second-order valence-corrected chi connectivity index (χ2v) is 3.89. The molecule has 0 heterocycles. The molecule has 1 rings (SSSR count). The van der Waals surface area contributed by atoms with Crippen LogP contribution in [-0.4, -0.2) is 23.9 Å². The molecule has 0 saturated heterocycles. The summed E-state index contributed by atoms with van der Waals surface area (Å²) in [5, 5.41) is 11.7. The summed E-state index contributed by atoms with van der Waals surface area (Å²) in [5.41, 5.74) is 1.49. The van der Waals surface area contributed by atoms with E-state index in [0.717, 1.165) is 5.69 Å². The van der Waals surface area contributed by atoms with Crippen molar-refractivity contribution in [1.82, 2.24) is 0 Å². The molecule has 1 aromatic rings. The van der Waals surface area contributed by atoms with Crippen molar-refractivity contribution in [2.75, 3.05) is 12.4 Å². The maximum Gasteiger partial charge on any atom is 0.304 e. The molecule has 1 atom stereocenters. The molecule has 0 unspecified atom stereocenters. The molecule has 0 aliphatic rings. The Labute approximate surface area is 101 Å². The predicted octanol–water partition coefficient (Wildman–Crippen LogP) is 2.41. The van der Waals surface area contributed by atoms with Crippen LogP contribution in [0.2, 0.25) is 0 Å². The first kappa shape index (κ1) is 13.2. The van der Waals surface area contributed by atoms with Crippen LogP contribution >= 0.6 is 0 Å². The van der Waals surface area contributed by atoms with Gasteiger partial charge < -0.3 is 10.4 Å². The minimum absolute atomic E-state index is 0.0995. The molecule has 0 saturated carbocycles. The second-order valence-electron chi connectivity index (χ2n) is 3.89. The molecule has 0 amide bonds. The lowest BCUT2D eigenvalue weighted by Crippen LogP contribution is -2.17. The molecule has 4 heteroatoms. The lowest BCUT2D eigenvalue weighted by Gasteiger charge is -2.11. The Balaban J connectivity index is 2.82. The summed E-state index contributed by atoms with van der Waals surface area (Å²) >= 11 is 0. The van der Waals surface area contributed by atoms with Crippen LogP contribution in [0.15, 0.2) is 24.3 Å². The number of carbonyl (C=O) groups excluding carboxylic acids is 1. The summed E-state index contributed by atoms with van der Waals surface area (Å²) in [6.07, 6.45) is 0.433. The molecule has 17 heavy (non-hydrogen) atoms. The van der Waals surface area contributed by atoms with E-state index in [1.54, 1.807) is 31.3 Å². The van der Waals surface area contributed by atoms with E-state index in [4.69, 9.17) is 5.11 Å². The molecule has 0 radical (unpaired) electrons. The summed E-state index contributed by atoms with van der Waals surface area (Å²) in [5.74, 6) is -1.47. The third-order valence-electron chi connectivity index (χ3n) is 2.74. The Morgan fingerprint density at radius 1 is 1.29 bits per heavy atom. The van der Waals surface area contributed by atoms with Gasteiger partial charge in [-0.15, -0.1) is 0 Å². The third kappa shape index (κ3) is 3.59. The van der Waals surface area contributed by atoms with E-state index in [1.807, 2.05) is 6.92 Å². The summed E-state index contributed by atoms with van der Waals surface area (Å²) in [4.78, 5) is 22.7. The number of hydrogen-bond acceptors (Lipinski definition) is 3. The normalized spacial score (nSPS) is 11.9. The van der Waals surface area contributed by atoms with E-state index in [-0.39, 0.29) is 12.2 Å². The van der Waals surface area contributed by atoms with E-state index in [9.17, 15) is 9.59 Å². The average molecular weight is 235 g/mol. The van der Waals surface area contributed by atoms with Crippen molar-refractivity contribution in [2.45, 2.75) is 19.8 Å². The number of carboxylic acids is 1. The number of benzene rings is 1. The lowest BCUT2D eigenvalue weighted by atomic mass is 9.92. The largest absolute Gasteiger partial charge is 0.481 e. The van der Waals surface area contributed by atoms with Crippen molar-refractivity contribution in [2.24, 2.45) is 5.92 Å². The summed E-state index contributed by atoms with van der Waals surface area (Å²) in [7, 11) is 1.80. The first-order valence-corrected chi connectivity index (χ1v) is 5.62. The number of rotatable bonds is 6. The van der Waals surface area contributed by atoms with Gasteiger partial charge in [-0.3, -0.25) is 9.59 Å². The average Bonchev–Trinajstić information content (AvgIpc) is 2.35. The summed E-state index contributed by atoms with van der Waals surface area (Å²) in [6.45, 7) is 1.83. The standard InChI is InChI=1S/C13H17NO3/c1-3-9(8-12(15)16)13(17)10-4-6-11(14-2)7-5-10/h4-7,9,14H,3,8H2,1-2H3,(H,15,16)/t9-/m0/s1. The highest BCUT2D eigenvalue weighted by Crippen LogP contribution is 2.17. The fourth-order valence-electron chi connectivity index (χ4n) is 1.67. The highest BCUT2D eigenvalue weighted by molar-refractivity contribution is 5.99. The van der Waals surface area contributed by atoms with E-state index in [1.165, 1.54) is 0 Å². The Kier molecular flexibility index (Phi) is 4.69. The van der Waals surface area contributed by atoms with Gasteiger partial charge >= 0.3 is 5.97 Å². The van der Waals surface area contributed by atoms with Gasteiger partial charge in [-0.25, -0.2) is 0 Å². The minimum atomic E-state index is -0.933. The number of ketones is 1. The van der Waals surface area contributed by atoms with Crippen molar-refractivity contribution < 1.29 is 14.7 Å². The number of hydrogen-bond donors (Lipinski definition) is 2. The van der Waals surface area contributed by atoms with Gasteiger partial charge in [0.15, 0.2) is 5.78 Å². The van der Waals surface area contributed by atoms with Gasteiger partial charge in [0.2, 0.25) is 0 Å². The molecule has 0 aliphatic heterocycles. The Hall–Kier alpha value is -1.84. The van der Waals surface area contributed by atoms with E-state index in [0.29, 0.717) is 12.0 Å². The smallest absolute Gasteiger partial charge is 0.304 e. The Morgan fingerprint density at radius 2 is 1.88 bits per heavy atom. The molecule has 0 spiro atoms. The van der Waals surface area contributed by atoms with E-state index >= 15 is 0 Å². The molecule has 0 aliphatic carbocycles. The van der Waals surface area contributed by atoms with Crippen LogP contribution in [0.1, 0.15) is 30.1 Å². The number of Topliss-reactive ketones (excluding diaryl/α,β-unsaturated/α-hetero) is 1. The fourth-order valence-corrected chi connectivity index (χ4v) is 1.67. The molecular weight excluding hydrogens is 218 g/mol. The molecule has 92 valence electrons. The van der Waals surface area contributed by atoms with Crippen molar-refractivity contribution in [3.8, 4) is 0 Å². The van der Waals surface area contributed by atoms with Crippen LogP contribution in [-0.2, 0) is 4.79 Å². The highest BCUT2D eigenvalue weighted by Gasteiger charge is 2.20. The SMILES string of the molecule is CC[C@@H](CC(=O)O)C(=O)c1ccc(NC)cc1. The number of anilines is 1. The van der Waals surface area contributed by atoms with Gasteiger partial charge in [0, 0.05) is 24.2 Å². The van der Waals surface area contributed by atoms with Crippen LogP contribution < -0.4 is 5.32 Å². The molecule has 0 bridgehead atoms. The maximum atomic E-state index is 12.0. The zero-order valence-corrected chi connectivity index (χ0v) is 10.1. The number of carboxylic acid groups (broad SMARTS) is 1. The first-order valence-electron chi connectivity index (χ1n) is 5.62. The van der Waals surface area contributed by atoms with Gasteiger partial charge in [0.25, 0.3) is 0 Å². The van der Waals surface area contributed by atoms with Crippen LogP contribution in [0.3, 0.4) is 0 Å². The van der Waals surface area contributed by atoms with Crippen molar-refractivity contribution in [3.63, 3.8) is 0 Å². The van der Waals surface area contributed by atoms with Gasteiger partial charge in [-0.05, 0) is 30.7 Å². The van der Waals surface area contributed by atoms with Gasteiger partial charge in [0.05, 0.1) is 6.42 Å². The fraction of sp³-hybridized carbons (Fsp3) is 0.385. The first-order chi connectivity index (χ1) is 8.08. The second kappa shape index (κ2) is 6.03. The topological polar surface area (TPSA) is 66.4 Å². The lowest BCUT2D eigenvalue weighted by molar-refractivity contribution is -0.137. The summed E-state index contributed by atoms with van der Waals surface area (Å²) in [6, 6.07) is 7.05. The third-order valence-corrected chi connectivity index (χ3v) is 2.74. The molecule has 1 aromatic carbocycles. The zero-order valence-electron chi connectivity index (χ0n) is 10.1. The summed E-state index contributed by atoms with van der Waals surface area (Å²) < 4.78 is 0.